The second-order valence-corrected chi connectivity index (χ2v) is 16.1. The Bertz CT molecular complexity index is 1930. The number of carbonyl (C=O) groups excluding carboxylic acids is 1. The Morgan fingerprint density at radius 1 is 0.911 bits per heavy atom. The van der Waals surface area contributed by atoms with Gasteiger partial charge in [0.1, 0.15) is 29.4 Å². The predicted molar refractivity (Wildman–Crippen MR) is 216 cm³/mol. The Morgan fingerprint density at radius 3 is 2.02 bits per heavy atom. The first-order chi connectivity index (χ1) is 26.8. The van der Waals surface area contributed by atoms with Gasteiger partial charge in [-0.05, 0) is 68.7 Å². The van der Waals surface area contributed by atoms with Crippen LogP contribution in [-0.4, -0.2) is 78.4 Å². The number of aromatic amines is 1. The van der Waals surface area contributed by atoms with Gasteiger partial charge in [0.25, 0.3) is 14.1 Å². The van der Waals surface area contributed by atoms with E-state index in [1.54, 1.807) is 21.1 Å². The van der Waals surface area contributed by atoms with E-state index in [9.17, 15) is 14.4 Å². The largest absolute Gasteiger partial charge is 0.497 e. The summed E-state index contributed by atoms with van der Waals surface area (Å²) in [5, 5.41) is 2.98. The summed E-state index contributed by atoms with van der Waals surface area (Å²) in [5.41, 5.74) is 0.369. The molecule has 0 spiro atoms. The Kier molecular flexibility index (Phi) is 14.7. The van der Waals surface area contributed by atoms with Crippen molar-refractivity contribution < 1.29 is 32.8 Å². The van der Waals surface area contributed by atoms with Crippen LogP contribution in [0.5, 0.6) is 11.5 Å². The fraction of sp³-hybridized carbons (Fsp3) is 0.452. The number of hydrogen-bond acceptors (Lipinski definition) is 10. The molecule has 1 saturated heterocycles. The maximum Gasteiger partial charge on any atom is 0.330 e. The number of H-pyrrole nitrogens is 1. The molecule has 2 heterocycles. The molecule has 1 amide bonds. The molecule has 0 saturated carbocycles. The maximum atomic E-state index is 13.2. The normalized spacial score (nSPS) is 17.8. The lowest BCUT2D eigenvalue weighted by Gasteiger charge is -2.37. The highest BCUT2D eigenvalue weighted by molar-refractivity contribution is 7.44. The van der Waals surface area contributed by atoms with Gasteiger partial charge in [-0.15, -0.1) is 0 Å². The summed E-state index contributed by atoms with van der Waals surface area (Å²) >= 11 is 0. The molecule has 1 fully saturated rings. The van der Waals surface area contributed by atoms with Crippen molar-refractivity contribution in [3.63, 3.8) is 0 Å². The lowest BCUT2D eigenvalue weighted by atomic mass is 9.80. The maximum absolute atomic E-state index is 13.2. The van der Waals surface area contributed by atoms with Crippen LogP contribution < -0.4 is 26.0 Å². The van der Waals surface area contributed by atoms with Crippen LogP contribution in [0, 0.1) is 6.92 Å². The molecule has 1 aliphatic rings. The summed E-state index contributed by atoms with van der Waals surface area (Å²) in [4.78, 5) is 40.6. The zero-order chi connectivity index (χ0) is 40.5. The van der Waals surface area contributed by atoms with Gasteiger partial charge in [0.15, 0.2) is 0 Å². The van der Waals surface area contributed by atoms with Crippen molar-refractivity contribution in [2.75, 3.05) is 40.5 Å². The number of carbonyl (C=O) groups is 1. The number of benzene rings is 3. The van der Waals surface area contributed by atoms with Crippen LogP contribution in [0.25, 0.3) is 0 Å². The second-order valence-electron chi connectivity index (χ2n) is 14.6. The Morgan fingerprint density at radius 2 is 1.48 bits per heavy atom. The third kappa shape index (κ3) is 10.3. The molecule has 13 nitrogen and oxygen atoms in total. The molecule has 302 valence electrons. The zero-order valence-electron chi connectivity index (χ0n) is 33.6. The van der Waals surface area contributed by atoms with Gasteiger partial charge in [0.05, 0.1) is 40.0 Å². The molecule has 4 aromatic rings. The van der Waals surface area contributed by atoms with Gasteiger partial charge in [-0.3, -0.25) is 19.1 Å². The van der Waals surface area contributed by atoms with Crippen LogP contribution in [-0.2, 0) is 28.9 Å². The van der Waals surface area contributed by atoms with E-state index in [1.165, 1.54) is 10.8 Å². The molecule has 2 N–H and O–H groups in total. The third-order valence-electron chi connectivity index (χ3n) is 9.51. The Balaban J connectivity index is 1.54. The molecule has 1 aromatic heterocycles. The monoisotopic (exact) mass is 790 g/mol. The lowest BCUT2D eigenvalue weighted by molar-refractivity contribution is -0.123. The summed E-state index contributed by atoms with van der Waals surface area (Å²) in [5.74, 6) is 1.27. The molecule has 1 aliphatic heterocycles. The number of nitrogens with zero attached hydrogens (tertiary/aromatic N) is 2. The molecular weight excluding hydrogens is 735 g/mol. The predicted octanol–water partition coefficient (Wildman–Crippen LogP) is 6.43. The minimum Gasteiger partial charge on any atom is -0.497 e. The second kappa shape index (κ2) is 19.2. The third-order valence-corrected chi connectivity index (χ3v) is 11.4. The van der Waals surface area contributed by atoms with Crippen LogP contribution in [0.4, 0.5) is 0 Å². The van der Waals surface area contributed by atoms with E-state index in [-0.39, 0.29) is 37.5 Å². The van der Waals surface area contributed by atoms with Crippen LogP contribution in [0.1, 0.15) is 75.9 Å². The van der Waals surface area contributed by atoms with E-state index in [0.717, 1.165) is 16.7 Å². The summed E-state index contributed by atoms with van der Waals surface area (Å²) in [6.45, 7) is 12.9. The van der Waals surface area contributed by atoms with Gasteiger partial charge in [-0.25, -0.2) is 9.46 Å². The number of nitrogens with one attached hydrogen (secondary N) is 2. The highest BCUT2D eigenvalue weighted by Crippen LogP contribution is 2.48. The summed E-state index contributed by atoms with van der Waals surface area (Å²) < 4.78 is 41.6. The van der Waals surface area contributed by atoms with Crippen LogP contribution in [0.3, 0.4) is 0 Å². The first-order valence-corrected chi connectivity index (χ1v) is 20.1. The fourth-order valence-electron chi connectivity index (χ4n) is 6.66. The summed E-state index contributed by atoms with van der Waals surface area (Å²) in [7, 11) is 1.58. The number of aromatic nitrogens is 2. The zero-order valence-corrected chi connectivity index (χ0v) is 34.5. The van der Waals surface area contributed by atoms with Crippen molar-refractivity contribution in [1.82, 2.24) is 19.5 Å². The van der Waals surface area contributed by atoms with Crippen LogP contribution in [0.15, 0.2) is 94.6 Å². The molecule has 0 radical (unpaired) electrons. The molecule has 3 aromatic carbocycles. The van der Waals surface area contributed by atoms with E-state index < -0.39 is 43.8 Å². The SMILES string of the molecule is CCN(CC)P(OCCC(=O)NC(C)(C)C)O[C@H]1C[C@H](n2cc(C)c(=O)[nH]c2=O)O[C@@H]1COC(c1ccccc1)(c1ccc(OC)cc1)c1ccc(OC)cc1. The van der Waals surface area contributed by atoms with Gasteiger partial charge in [0.2, 0.25) is 5.91 Å². The van der Waals surface area contributed by atoms with Gasteiger partial charge in [-0.1, -0.05) is 68.4 Å². The molecule has 0 bridgehead atoms. The van der Waals surface area contributed by atoms with E-state index in [0.29, 0.717) is 30.2 Å². The molecule has 5 rings (SSSR count). The van der Waals surface area contributed by atoms with E-state index in [4.69, 9.17) is 28.0 Å². The van der Waals surface area contributed by atoms with Gasteiger partial charge in [-0.2, -0.15) is 0 Å². The Hall–Kier alpha value is -4.36. The van der Waals surface area contributed by atoms with Crippen molar-refractivity contribution in [3.8, 4) is 11.5 Å². The van der Waals surface area contributed by atoms with Gasteiger partial charge < -0.3 is 33.3 Å². The highest BCUT2D eigenvalue weighted by Gasteiger charge is 2.44. The number of amides is 1. The number of methoxy groups -OCH3 is 2. The van der Waals surface area contributed by atoms with Crippen molar-refractivity contribution in [1.29, 1.82) is 0 Å². The number of rotatable bonds is 18. The van der Waals surface area contributed by atoms with Gasteiger partial charge >= 0.3 is 5.69 Å². The van der Waals surface area contributed by atoms with Crippen molar-refractivity contribution in [2.24, 2.45) is 0 Å². The summed E-state index contributed by atoms with van der Waals surface area (Å²) in [6, 6.07) is 25.4. The lowest BCUT2D eigenvalue weighted by Crippen LogP contribution is -2.41. The molecule has 1 unspecified atom stereocenters. The first-order valence-electron chi connectivity index (χ1n) is 18.9. The van der Waals surface area contributed by atoms with E-state index in [1.807, 2.05) is 113 Å². The van der Waals surface area contributed by atoms with E-state index >= 15 is 0 Å². The van der Waals surface area contributed by atoms with E-state index in [2.05, 4.69) is 15.0 Å². The first kappa shape index (κ1) is 42.8. The quantitative estimate of drug-likeness (QED) is 0.0855. The topological polar surface area (TPSA) is 143 Å². The smallest absolute Gasteiger partial charge is 0.330 e. The van der Waals surface area contributed by atoms with Crippen LogP contribution in [0.2, 0.25) is 0 Å². The average Bonchev–Trinajstić information content (AvgIpc) is 3.59. The van der Waals surface area contributed by atoms with Crippen molar-refractivity contribution in [2.45, 2.75) is 84.0 Å². The molecule has 14 heteroatoms. The highest BCUT2D eigenvalue weighted by atomic mass is 31.2. The standard InChI is InChI=1S/C42H55N4O9P/c1-9-45(10-2)56(53-25-24-37(47)44-41(4,5)6)55-35-26-38(46-27-29(3)39(48)43-40(46)49)54-36(35)28-52-42(30-14-12-11-13-15-30,31-16-20-33(50-7)21-17-31)32-18-22-34(51-8)23-19-32/h11-23,27,35-36,38H,9-10,24-26,28H2,1-8H3,(H,44,47)(H,43,48,49)/t35-,36+,38+,56?/m0/s1. The molecule has 0 aliphatic carbocycles. The Labute approximate surface area is 330 Å². The fourth-order valence-corrected chi connectivity index (χ4v) is 8.18. The molecule has 56 heavy (non-hydrogen) atoms. The number of ether oxygens (including phenoxy) is 4. The number of hydrogen-bond donors (Lipinski definition) is 2. The molecular formula is C42H55N4O9P. The van der Waals surface area contributed by atoms with Gasteiger partial charge in [0, 0.05) is 36.8 Å². The number of aryl methyl sites for hydroxylation is 1. The average molecular weight is 791 g/mol. The van der Waals surface area contributed by atoms with Crippen molar-refractivity contribution in [3.05, 3.63) is 128 Å². The minimum atomic E-state index is -1.67. The van der Waals surface area contributed by atoms with Crippen molar-refractivity contribution >= 4 is 14.4 Å². The minimum absolute atomic E-state index is 0.0284. The molecule has 4 atom stereocenters. The van der Waals surface area contributed by atoms with Crippen LogP contribution >= 0.6 is 8.53 Å². The summed E-state index contributed by atoms with van der Waals surface area (Å²) in [6.07, 6.45) is -0.173.